The van der Waals surface area contributed by atoms with Crippen LogP contribution in [-0.4, -0.2) is 20.2 Å². The minimum absolute atomic E-state index is 0.110. The smallest absolute Gasteiger partial charge is 0.146 e. The van der Waals surface area contributed by atoms with Gasteiger partial charge in [-0.3, -0.25) is 5.41 Å². The SMILES string of the molecule is N=c1c2c(-c3ccccc3)c(-c3ccccc3)n(CCc3ccccc3)c2ncn1C1CCC(N=O)CC1. The van der Waals surface area contributed by atoms with Crippen LogP contribution >= 0.6 is 0 Å². The third-order valence-corrected chi connectivity index (χ3v) is 7.82. The first kappa shape index (κ1) is 24.0. The molecule has 0 saturated heterocycles. The summed E-state index contributed by atoms with van der Waals surface area (Å²) in [7, 11) is 0. The van der Waals surface area contributed by atoms with E-state index < -0.39 is 0 Å². The van der Waals surface area contributed by atoms with Gasteiger partial charge in [-0.15, -0.1) is 0 Å². The molecule has 0 spiro atoms. The monoisotopic (exact) mass is 501 g/mol. The van der Waals surface area contributed by atoms with Gasteiger partial charge in [0.2, 0.25) is 0 Å². The number of hydrogen-bond acceptors (Lipinski definition) is 4. The van der Waals surface area contributed by atoms with E-state index in [1.807, 2.05) is 29.1 Å². The van der Waals surface area contributed by atoms with Gasteiger partial charge in [-0.2, -0.15) is 4.91 Å². The van der Waals surface area contributed by atoms with Crippen LogP contribution in [0.1, 0.15) is 37.3 Å². The number of hydrogen-bond donors (Lipinski definition) is 1. The maximum atomic E-state index is 11.1. The van der Waals surface area contributed by atoms with Crippen LogP contribution in [0.5, 0.6) is 0 Å². The average Bonchev–Trinajstić information content (AvgIpc) is 3.33. The number of aromatic nitrogens is 3. The lowest BCUT2D eigenvalue weighted by molar-refractivity contribution is 0.314. The minimum Gasteiger partial charge on any atom is -0.324 e. The van der Waals surface area contributed by atoms with Crippen molar-refractivity contribution in [2.45, 2.75) is 50.7 Å². The summed E-state index contributed by atoms with van der Waals surface area (Å²) < 4.78 is 4.32. The Bertz CT molecular complexity index is 1600. The van der Waals surface area contributed by atoms with E-state index in [4.69, 9.17) is 4.98 Å². The van der Waals surface area contributed by atoms with Gasteiger partial charge in [0.25, 0.3) is 0 Å². The molecule has 0 aliphatic heterocycles. The Hall–Kier alpha value is -4.32. The first-order valence-electron chi connectivity index (χ1n) is 13.4. The fraction of sp³-hybridized carbons (Fsp3) is 0.250. The molecule has 0 bridgehead atoms. The summed E-state index contributed by atoms with van der Waals surface area (Å²) in [5.41, 5.74) is 6.92. The van der Waals surface area contributed by atoms with Crippen molar-refractivity contribution in [3.8, 4) is 22.4 Å². The first-order valence-corrected chi connectivity index (χ1v) is 13.4. The summed E-state index contributed by atoms with van der Waals surface area (Å²) in [6.45, 7) is 0.754. The van der Waals surface area contributed by atoms with Gasteiger partial charge < -0.3 is 9.13 Å². The van der Waals surface area contributed by atoms with Crippen molar-refractivity contribution in [1.82, 2.24) is 14.1 Å². The van der Waals surface area contributed by atoms with Crippen molar-refractivity contribution in [2.24, 2.45) is 5.18 Å². The third-order valence-electron chi connectivity index (χ3n) is 7.82. The van der Waals surface area contributed by atoms with Crippen molar-refractivity contribution in [3.63, 3.8) is 0 Å². The van der Waals surface area contributed by atoms with E-state index in [9.17, 15) is 10.3 Å². The van der Waals surface area contributed by atoms with E-state index in [2.05, 4.69) is 82.5 Å². The van der Waals surface area contributed by atoms with Crippen LogP contribution in [0.2, 0.25) is 0 Å². The standard InChI is InChI=1S/C32H31N5O/c33-31-29-28(24-12-6-2-7-13-24)30(25-14-8-3-9-15-25)36(21-20-23-10-4-1-5-11-23)32(29)34-22-37(31)27-18-16-26(35-38)17-19-27/h1-15,22,26-27,33H,16-21H2. The van der Waals surface area contributed by atoms with Gasteiger partial charge in [-0.1, -0.05) is 96.2 Å². The molecule has 6 nitrogen and oxygen atoms in total. The van der Waals surface area contributed by atoms with Gasteiger partial charge in [0, 0.05) is 18.2 Å². The maximum absolute atomic E-state index is 11.1. The number of nitrogens with one attached hydrogen (secondary N) is 1. The number of nitroso groups, excluding NO2 is 1. The lowest BCUT2D eigenvalue weighted by Gasteiger charge is -2.26. The third kappa shape index (κ3) is 4.47. The van der Waals surface area contributed by atoms with Crippen molar-refractivity contribution in [2.75, 3.05) is 0 Å². The van der Waals surface area contributed by atoms with Crippen LogP contribution in [0.3, 0.4) is 0 Å². The molecule has 2 aromatic heterocycles. The number of benzene rings is 3. The molecule has 1 N–H and O–H groups in total. The van der Waals surface area contributed by atoms with Crippen LogP contribution in [0.25, 0.3) is 33.4 Å². The predicted octanol–water partition coefficient (Wildman–Crippen LogP) is 7.14. The van der Waals surface area contributed by atoms with E-state index >= 15 is 0 Å². The Kier molecular flexibility index (Phi) is 6.69. The molecule has 2 heterocycles. The predicted molar refractivity (Wildman–Crippen MR) is 152 cm³/mol. The number of nitrogens with zero attached hydrogens (tertiary/aromatic N) is 4. The highest BCUT2D eigenvalue weighted by Gasteiger charge is 2.27. The van der Waals surface area contributed by atoms with Crippen molar-refractivity contribution >= 4 is 11.0 Å². The molecule has 0 atom stereocenters. The maximum Gasteiger partial charge on any atom is 0.146 e. The summed E-state index contributed by atoms with van der Waals surface area (Å²) in [5, 5.41) is 13.6. The topological polar surface area (TPSA) is 76.0 Å². The number of fused-ring (bicyclic) bond motifs is 1. The zero-order valence-corrected chi connectivity index (χ0v) is 21.3. The van der Waals surface area contributed by atoms with Gasteiger partial charge >= 0.3 is 0 Å². The van der Waals surface area contributed by atoms with Crippen LogP contribution in [0, 0.1) is 10.3 Å². The van der Waals surface area contributed by atoms with Crippen LogP contribution < -0.4 is 5.49 Å². The lowest BCUT2D eigenvalue weighted by atomic mass is 9.91. The quantitative estimate of drug-likeness (QED) is 0.241. The van der Waals surface area contributed by atoms with Crippen LogP contribution in [0.15, 0.2) is 102 Å². The Morgan fingerprint density at radius 2 is 1.42 bits per heavy atom. The van der Waals surface area contributed by atoms with Crippen molar-refractivity contribution in [3.05, 3.63) is 113 Å². The molecule has 1 saturated carbocycles. The average molecular weight is 502 g/mol. The Labute approximate surface area is 222 Å². The second-order valence-electron chi connectivity index (χ2n) is 10.1. The highest BCUT2D eigenvalue weighted by Crippen LogP contribution is 2.39. The molecule has 5 aromatic rings. The largest absolute Gasteiger partial charge is 0.324 e. The Morgan fingerprint density at radius 3 is 2.05 bits per heavy atom. The molecule has 0 radical (unpaired) electrons. The zero-order chi connectivity index (χ0) is 25.9. The molecule has 6 rings (SSSR count). The lowest BCUT2D eigenvalue weighted by Crippen LogP contribution is -2.29. The summed E-state index contributed by atoms with van der Waals surface area (Å²) in [5.74, 6) is 0. The van der Waals surface area contributed by atoms with Gasteiger partial charge in [0.05, 0.1) is 23.4 Å². The first-order chi connectivity index (χ1) is 18.7. The summed E-state index contributed by atoms with van der Waals surface area (Å²) in [6.07, 6.45) is 5.90. The van der Waals surface area contributed by atoms with Gasteiger partial charge in [-0.25, -0.2) is 4.98 Å². The highest BCUT2D eigenvalue weighted by atomic mass is 16.3. The molecule has 1 aliphatic rings. The van der Waals surface area contributed by atoms with Crippen LogP contribution in [0.4, 0.5) is 0 Å². The Morgan fingerprint density at radius 1 is 0.816 bits per heavy atom. The summed E-state index contributed by atoms with van der Waals surface area (Å²) in [6, 6.07) is 31.4. The molecule has 1 aliphatic carbocycles. The fourth-order valence-corrected chi connectivity index (χ4v) is 5.87. The molecular formula is C32H31N5O. The summed E-state index contributed by atoms with van der Waals surface area (Å²) >= 11 is 0. The summed E-state index contributed by atoms with van der Waals surface area (Å²) in [4.78, 5) is 16.1. The molecule has 0 amide bonds. The van der Waals surface area contributed by atoms with Crippen molar-refractivity contribution < 1.29 is 0 Å². The minimum atomic E-state index is -0.110. The highest BCUT2D eigenvalue weighted by molar-refractivity contribution is 6.02. The molecule has 6 heteroatoms. The molecular weight excluding hydrogens is 470 g/mol. The van der Waals surface area contributed by atoms with E-state index in [1.165, 1.54) is 5.56 Å². The van der Waals surface area contributed by atoms with Crippen molar-refractivity contribution in [1.29, 1.82) is 5.41 Å². The molecule has 1 fully saturated rings. The normalized spacial score (nSPS) is 17.5. The second kappa shape index (κ2) is 10.6. The molecule has 3 aromatic carbocycles. The van der Waals surface area contributed by atoms with Gasteiger partial charge in [0.1, 0.15) is 11.1 Å². The molecule has 0 unspecified atom stereocenters. The zero-order valence-electron chi connectivity index (χ0n) is 21.3. The van der Waals surface area contributed by atoms with E-state index in [0.717, 1.165) is 72.1 Å². The Balaban J connectivity index is 1.58. The van der Waals surface area contributed by atoms with Gasteiger partial charge in [-0.05, 0) is 48.8 Å². The molecule has 38 heavy (non-hydrogen) atoms. The number of aryl methyl sites for hydroxylation is 2. The second-order valence-corrected chi connectivity index (χ2v) is 10.1. The van der Waals surface area contributed by atoms with E-state index in [1.54, 1.807) is 0 Å². The number of rotatable bonds is 7. The van der Waals surface area contributed by atoms with E-state index in [-0.39, 0.29) is 12.1 Å². The van der Waals surface area contributed by atoms with E-state index in [0.29, 0.717) is 5.49 Å². The fourth-order valence-electron chi connectivity index (χ4n) is 5.87. The van der Waals surface area contributed by atoms with Crippen LogP contribution in [-0.2, 0) is 13.0 Å². The molecule has 190 valence electrons. The van der Waals surface area contributed by atoms with Gasteiger partial charge in [0.15, 0.2) is 0 Å².